The van der Waals surface area contributed by atoms with Gasteiger partial charge in [-0.25, -0.2) is 26.0 Å². The van der Waals surface area contributed by atoms with Gasteiger partial charge in [0.1, 0.15) is 10.0 Å². The summed E-state index contributed by atoms with van der Waals surface area (Å²) in [6.07, 6.45) is 47.7. The van der Waals surface area contributed by atoms with Gasteiger partial charge in [0.15, 0.2) is 7.83 Å². The summed E-state index contributed by atoms with van der Waals surface area (Å²) in [5.41, 5.74) is 13.8. The van der Waals surface area contributed by atoms with Crippen LogP contribution < -0.4 is 17.0 Å². The number of nitrogens with zero attached hydrogens (tertiary/aromatic N) is 4. The van der Waals surface area contributed by atoms with Crippen LogP contribution in [-0.4, -0.2) is 56.2 Å². The number of benzene rings is 2. The summed E-state index contributed by atoms with van der Waals surface area (Å²) >= 11 is 27.1. The Balaban J connectivity index is 0.000000295. The van der Waals surface area contributed by atoms with Gasteiger partial charge in [0.2, 0.25) is 0 Å². The Morgan fingerprint density at radius 1 is 0.411 bits per heavy atom. The van der Waals surface area contributed by atoms with E-state index in [1.807, 2.05) is 45.3 Å². The summed E-state index contributed by atoms with van der Waals surface area (Å²) in [4.78, 5) is 22.5. The molecule has 1 fully saturated rings. The molecule has 1 saturated heterocycles. The van der Waals surface area contributed by atoms with E-state index in [9.17, 15) is 0 Å². The Morgan fingerprint density at radius 3 is 1.03 bits per heavy atom. The molecule has 2 aromatic carbocycles. The standard InChI is InChI=1S/C42H58Br2N2S4.C16H27S.C10H6Br2N2S2.C4H8O.BrH.Mg/c1-5-7-9-11-13-15-17-19-21-23-25-31-27-33(43)47-37(31)41-45-35-29(3)30(4)36-40(39(35)49-41)50-42(46-36)38-32(28-34(44)48-38)26-24-22-20-18-16-14-12-10-8-6-2;1-2-3-4-5-6-7-8-9-10-11-12-16-13-14-17-15-16;1-3-4(2)6-8(16-10(12)14-6)7-5(3)13-9(11)15-7;1-2-4-5-3-1;;/h27-28H,5-26H2,1-4H3;13-14H,2-12H2,1H3;1-2H3;1-4H2;1H;/q;-1;;;;+2/p-1. The predicted octanol–water partition coefficient (Wildman–Crippen LogP) is 25.9. The molecule has 0 amide bonds. The van der Waals surface area contributed by atoms with Crippen LogP contribution in [0.15, 0.2) is 39.0 Å². The largest absolute Gasteiger partial charge is 2.00 e. The fraction of sp³-hybridized carbons (Fsp3) is 0.611. The number of ether oxygens (including phenoxy) is 1. The van der Waals surface area contributed by atoms with Crippen molar-refractivity contribution in [3.63, 3.8) is 0 Å². The molecule has 7 aromatic heterocycles. The minimum atomic E-state index is 0. The van der Waals surface area contributed by atoms with Crippen molar-refractivity contribution in [2.24, 2.45) is 0 Å². The maximum absolute atomic E-state index is 5.34. The molecule has 5 nitrogen and oxygen atoms in total. The molecular weight excluding hydrogens is 1590 g/mol. The van der Waals surface area contributed by atoms with Crippen LogP contribution in [0.1, 0.15) is 265 Å². The summed E-state index contributed by atoms with van der Waals surface area (Å²) in [5.74, 6) is 0. The molecule has 1 aliphatic rings. The first-order valence-electron chi connectivity index (χ1n) is 33.7. The SMILES string of the molecule is C1CCOC1.CCCCCCCCCCCCc1[c-]scc1.CCCCCCCCCCCCc1cc(Br)sc1-c1nc2c(C)c(C)c3nc(-c4sc(Br)cc4CCCCCCCCCCCC)sc3c2s1.Cc1c(C)c2nc(Br)sc2c2sc(Br)nc12.[Br-].[Mg+2]. The van der Waals surface area contributed by atoms with Gasteiger partial charge in [0.25, 0.3) is 0 Å². The third-order valence-corrected chi connectivity index (χ3v) is 26.9. The zero-order chi connectivity index (χ0) is 62.5. The van der Waals surface area contributed by atoms with Crippen LogP contribution >= 0.6 is 143 Å². The molecule has 0 bridgehead atoms. The van der Waals surface area contributed by atoms with Gasteiger partial charge < -0.3 is 33.1 Å². The molecule has 0 saturated carbocycles. The number of aromatic nitrogens is 4. The molecule has 9 aromatic rings. The number of halogens is 5. The van der Waals surface area contributed by atoms with Crippen LogP contribution in [0.5, 0.6) is 0 Å². The van der Waals surface area contributed by atoms with Crippen LogP contribution in [0.25, 0.3) is 60.6 Å². The van der Waals surface area contributed by atoms with Crippen LogP contribution in [0, 0.1) is 33.1 Å². The van der Waals surface area contributed by atoms with E-state index in [0.717, 1.165) is 56.0 Å². The molecular formula is C72H99Br5MgN4OS7. The molecule has 1 aliphatic heterocycles. The van der Waals surface area contributed by atoms with Gasteiger partial charge in [-0.1, -0.05) is 207 Å². The summed E-state index contributed by atoms with van der Waals surface area (Å²) < 4.78 is 14.3. The molecule has 18 heteroatoms. The Hall–Kier alpha value is 0.226. The summed E-state index contributed by atoms with van der Waals surface area (Å²) in [7, 11) is 0. The molecule has 492 valence electrons. The Morgan fingerprint density at radius 2 is 0.722 bits per heavy atom. The number of unbranched alkanes of at least 4 members (excludes halogenated alkanes) is 27. The zero-order valence-corrected chi connectivity index (χ0v) is 70.2. The maximum atomic E-state index is 5.34. The van der Waals surface area contributed by atoms with E-state index in [2.05, 4.69) is 151 Å². The fourth-order valence-corrected chi connectivity index (χ4v) is 21.4. The number of thiazole rings is 4. The van der Waals surface area contributed by atoms with Crippen LogP contribution in [0.2, 0.25) is 0 Å². The van der Waals surface area contributed by atoms with Crippen molar-refractivity contribution in [2.45, 2.75) is 273 Å². The minimum absolute atomic E-state index is 0. The van der Waals surface area contributed by atoms with Crippen molar-refractivity contribution in [2.75, 3.05) is 13.2 Å². The van der Waals surface area contributed by atoms with Crippen molar-refractivity contribution < 1.29 is 21.7 Å². The Labute approximate surface area is 630 Å². The minimum Gasteiger partial charge on any atom is -1.00 e. The third-order valence-electron chi connectivity index (χ3n) is 17.1. The molecule has 0 spiro atoms. The van der Waals surface area contributed by atoms with Crippen molar-refractivity contribution >= 4 is 207 Å². The average molecular weight is 1680 g/mol. The van der Waals surface area contributed by atoms with Crippen LogP contribution in [0.3, 0.4) is 0 Å². The summed E-state index contributed by atoms with van der Waals surface area (Å²) in [6, 6.07) is 6.91. The monoisotopic (exact) mass is 1680 g/mol. The number of hydrogen-bond acceptors (Lipinski definition) is 12. The molecule has 0 radical (unpaired) electrons. The smallest absolute Gasteiger partial charge is 1.00 e. The molecule has 0 aliphatic carbocycles. The van der Waals surface area contributed by atoms with E-state index < -0.39 is 0 Å². The molecule has 0 atom stereocenters. The fourth-order valence-electron chi connectivity index (χ4n) is 11.6. The normalized spacial score (nSPS) is 12.1. The van der Waals surface area contributed by atoms with E-state index in [1.165, 1.54) is 297 Å². The van der Waals surface area contributed by atoms with Crippen LogP contribution in [-0.2, 0) is 24.0 Å². The molecule has 8 heterocycles. The zero-order valence-electron chi connectivity index (χ0n) is 55.1. The van der Waals surface area contributed by atoms with E-state index >= 15 is 0 Å². The van der Waals surface area contributed by atoms with Gasteiger partial charge >= 0.3 is 23.1 Å². The second-order valence-electron chi connectivity index (χ2n) is 24.2. The second kappa shape index (κ2) is 45.7. The first-order valence-corrected chi connectivity index (χ1v) is 42.7. The van der Waals surface area contributed by atoms with E-state index in [4.69, 9.17) is 14.7 Å². The number of fused-ring (bicyclic) bond motifs is 6. The maximum Gasteiger partial charge on any atom is 2.00 e. The number of rotatable bonds is 35. The van der Waals surface area contributed by atoms with Gasteiger partial charge in [0.05, 0.1) is 58.2 Å². The van der Waals surface area contributed by atoms with Crippen molar-refractivity contribution in [3.05, 3.63) is 83.3 Å². The topological polar surface area (TPSA) is 60.8 Å². The molecule has 0 unspecified atom stereocenters. The molecule has 10 rings (SSSR count). The van der Waals surface area contributed by atoms with E-state index in [0.29, 0.717) is 0 Å². The molecule has 90 heavy (non-hydrogen) atoms. The van der Waals surface area contributed by atoms with E-state index in [1.54, 1.807) is 34.0 Å². The van der Waals surface area contributed by atoms with Gasteiger partial charge in [0, 0.05) is 13.2 Å². The van der Waals surface area contributed by atoms with Gasteiger partial charge in [-0.15, -0.1) is 73.4 Å². The first kappa shape index (κ1) is 80.9. The predicted molar refractivity (Wildman–Crippen MR) is 418 cm³/mol. The summed E-state index contributed by atoms with van der Waals surface area (Å²) in [6.45, 7) is 17.6. The van der Waals surface area contributed by atoms with Crippen molar-refractivity contribution in [1.82, 2.24) is 19.9 Å². The first-order chi connectivity index (χ1) is 42.9. The van der Waals surface area contributed by atoms with E-state index in [-0.39, 0.29) is 40.0 Å². The van der Waals surface area contributed by atoms with Gasteiger partial charge in [-0.3, -0.25) is 0 Å². The van der Waals surface area contributed by atoms with Gasteiger partial charge in [-0.05, 0) is 175 Å². The molecule has 0 N–H and O–H groups in total. The average Bonchev–Trinajstić information content (AvgIpc) is 1.60. The third kappa shape index (κ3) is 26.1. The van der Waals surface area contributed by atoms with Crippen LogP contribution in [0.4, 0.5) is 0 Å². The number of thiophene rings is 3. The Bertz CT molecular complexity index is 3220. The van der Waals surface area contributed by atoms with Crippen molar-refractivity contribution in [3.8, 4) is 19.8 Å². The summed E-state index contributed by atoms with van der Waals surface area (Å²) in [5, 5.41) is 7.78. The van der Waals surface area contributed by atoms with Crippen molar-refractivity contribution in [1.29, 1.82) is 0 Å². The van der Waals surface area contributed by atoms with Gasteiger partial charge in [-0.2, -0.15) is 10.9 Å². The quantitative estimate of drug-likeness (QED) is 0.0225. The number of hydrogen-bond donors (Lipinski definition) is 0. The number of aryl methyl sites for hydroxylation is 7. The second-order valence-corrected chi connectivity index (χ2v) is 36.3. The Kier molecular flexibility index (Phi) is 41.1.